The summed E-state index contributed by atoms with van der Waals surface area (Å²) in [7, 11) is 4.34. The number of alkyl carbamates (subject to hydrolysis) is 1. The first kappa shape index (κ1) is 25.2. The van der Waals surface area contributed by atoms with Crippen molar-refractivity contribution in [3.05, 3.63) is 59.1 Å². The minimum atomic E-state index is -1.49. The summed E-state index contributed by atoms with van der Waals surface area (Å²) in [4.78, 5) is 30.3. The molecular weight excluding hydrogens is 451 g/mol. The number of carbonyl (C=O) groups excluding carboxylic acids is 2. The maximum atomic E-state index is 13.1. The van der Waals surface area contributed by atoms with Crippen LogP contribution in [0.2, 0.25) is 0 Å². The molecule has 1 heterocycles. The smallest absolute Gasteiger partial charge is 0.408 e. The Balaban J connectivity index is 2.14. The number of hydrogen-bond donors (Lipinski definition) is 2. The van der Waals surface area contributed by atoms with E-state index in [0.717, 1.165) is 0 Å². The van der Waals surface area contributed by atoms with E-state index in [9.17, 15) is 19.1 Å². The van der Waals surface area contributed by atoms with Crippen molar-refractivity contribution in [2.24, 2.45) is 0 Å². The zero-order chi connectivity index (χ0) is 25.0. The first-order valence-corrected chi connectivity index (χ1v) is 12.1. The fourth-order valence-corrected chi connectivity index (χ4v) is 4.47. The van der Waals surface area contributed by atoms with Crippen LogP contribution < -0.4 is 16.1 Å². The highest BCUT2D eigenvalue weighted by molar-refractivity contribution is 7.84. The van der Waals surface area contributed by atoms with Crippen LogP contribution >= 0.6 is 0 Å². The largest absolute Gasteiger partial charge is 0.444 e. The lowest BCUT2D eigenvalue weighted by atomic mass is 9.95. The minimum Gasteiger partial charge on any atom is -0.444 e. The van der Waals surface area contributed by atoms with E-state index in [4.69, 9.17) is 12.6 Å². The van der Waals surface area contributed by atoms with Crippen LogP contribution in [-0.4, -0.2) is 40.8 Å². The lowest BCUT2D eigenvalue weighted by Gasteiger charge is -2.26. The van der Waals surface area contributed by atoms with Gasteiger partial charge < -0.3 is 15.4 Å². The van der Waals surface area contributed by atoms with Crippen LogP contribution in [-0.2, 0) is 20.3 Å². The molecule has 3 rings (SSSR count). The first-order valence-electron chi connectivity index (χ1n) is 10.6. The molecule has 0 spiro atoms. The number of aromatic nitrogens is 1. The van der Waals surface area contributed by atoms with Crippen molar-refractivity contribution < 1.29 is 18.5 Å². The van der Waals surface area contributed by atoms with Crippen LogP contribution in [0.5, 0.6) is 0 Å². The molecule has 1 amide bonds. The molecule has 2 aromatic rings. The maximum Gasteiger partial charge on any atom is 0.408 e. The number of nitriles is 1. The van der Waals surface area contributed by atoms with Crippen LogP contribution in [0, 0.1) is 11.3 Å². The highest BCUT2D eigenvalue weighted by Gasteiger charge is 2.35. The summed E-state index contributed by atoms with van der Waals surface area (Å²) >= 11 is 0. The zero-order valence-electron chi connectivity index (χ0n) is 19.5. The maximum absolute atomic E-state index is 13.1. The van der Waals surface area contributed by atoms with Gasteiger partial charge in [0.25, 0.3) is 0 Å². The molecule has 34 heavy (non-hydrogen) atoms. The van der Waals surface area contributed by atoms with E-state index >= 15 is 0 Å². The highest BCUT2D eigenvalue weighted by Crippen LogP contribution is 2.36. The SMILES string of the molecule is [B]c1cncc(NC2=C(C(NC(=O)OC(C)(C)C)c3ccc(C#N)cc3S(C)=O)C(=O)CC2)c1. The van der Waals surface area contributed by atoms with E-state index in [2.05, 4.69) is 15.6 Å². The molecular formula is C24H25BN4O4S. The summed E-state index contributed by atoms with van der Waals surface area (Å²) < 4.78 is 18.0. The molecule has 0 fully saturated rings. The molecule has 0 aliphatic heterocycles. The second-order valence-electron chi connectivity index (χ2n) is 8.85. The normalized spacial score (nSPS) is 15.4. The summed E-state index contributed by atoms with van der Waals surface area (Å²) in [6.45, 7) is 5.20. The first-order chi connectivity index (χ1) is 16.0. The molecule has 0 saturated heterocycles. The molecule has 1 aliphatic carbocycles. The number of pyridine rings is 1. The molecule has 0 bridgehead atoms. The fourth-order valence-electron chi connectivity index (χ4n) is 3.66. The van der Waals surface area contributed by atoms with E-state index in [-0.39, 0.29) is 12.2 Å². The van der Waals surface area contributed by atoms with Crippen molar-refractivity contribution in [1.29, 1.82) is 5.26 Å². The predicted molar refractivity (Wildman–Crippen MR) is 130 cm³/mol. The number of benzene rings is 1. The van der Waals surface area contributed by atoms with Gasteiger partial charge in [-0.3, -0.25) is 14.0 Å². The summed E-state index contributed by atoms with van der Waals surface area (Å²) in [5, 5.41) is 15.3. The third-order valence-corrected chi connectivity index (χ3v) is 5.97. The van der Waals surface area contributed by atoms with Gasteiger partial charge in [0.05, 0.1) is 40.4 Å². The van der Waals surface area contributed by atoms with Gasteiger partial charge in [-0.05, 0) is 51.0 Å². The average Bonchev–Trinajstić information content (AvgIpc) is 3.10. The summed E-state index contributed by atoms with van der Waals surface area (Å²) in [6.07, 6.45) is 4.48. The van der Waals surface area contributed by atoms with Crippen molar-refractivity contribution in [3.8, 4) is 6.07 Å². The predicted octanol–water partition coefficient (Wildman–Crippen LogP) is 2.78. The van der Waals surface area contributed by atoms with Crippen molar-refractivity contribution in [2.45, 2.75) is 50.2 Å². The second kappa shape index (κ2) is 10.2. The second-order valence-corrected chi connectivity index (χ2v) is 10.2. The van der Waals surface area contributed by atoms with Gasteiger partial charge in [0.15, 0.2) is 5.78 Å². The molecule has 2 atom stereocenters. The van der Waals surface area contributed by atoms with Crippen molar-refractivity contribution in [2.75, 3.05) is 11.6 Å². The Kier molecular flexibility index (Phi) is 7.57. The van der Waals surface area contributed by atoms with Crippen LogP contribution in [0.25, 0.3) is 0 Å². The average molecular weight is 476 g/mol. The topological polar surface area (TPSA) is 121 Å². The standard InChI is InChI=1S/C24H25BN4O4S/c1-24(2,3)33-23(31)29-22(17-6-5-14(11-26)9-20(17)34(4)32)21-18(7-8-19(21)30)28-16-10-15(25)12-27-13-16/h5-6,9-10,12-13,22,28H,7-8H2,1-4H3,(H,29,31). The Hall–Kier alpha value is -3.45. The molecule has 1 aromatic carbocycles. The van der Waals surface area contributed by atoms with Crippen molar-refractivity contribution >= 4 is 41.7 Å². The van der Waals surface area contributed by atoms with Crippen LogP contribution in [0.1, 0.15) is 50.8 Å². The summed E-state index contributed by atoms with van der Waals surface area (Å²) in [5.74, 6) is -0.169. The van der Waals surface area contributed by atoms with E-state index in [1.54, 1.807) is 45.2 Å². The Morgan fingerprint density at radius 2 is 2.00 bits per heavy atom. The van der Waals surface area contributed by atoms with Crippen LogP contribution in [0.3, 0.4) is 0 Å². The van der Waals surface area contributed by atoms with Crippen LogP contribution in [0.15, 0.2) is 52.8 Å². The number of Topliss-reactive ketones (excluding diaryl/α,β-unsaturated/α-hetero) is 1. The number of nitrogens with one attached hydrogen (secondary N) is 2. The van der Waals surface area contributed by atoms with Crippen molar-refractivity contribution in [1.82, 2.24) is 10.3 Å². The number of allylic oxidation sites excluding steroid dienone is 1. The van der Waals surface area contributed by atoms with Gasteiger partial charge in [-0.25, -0.2) is 4.79 Å². The molecule has 1 aliphatic rings. The Bertz CT molecular complexity index is 1230. The Labute approximate surface area is 202 Å². The van der Waals surface area contributed by atoms with E-state index in [0.29, 0.717) is 44.9 Å². The molecule has 2 radical (unpaired) electrons. The number of hydrogen-bond acceptors (Lipinski definition) is 7. The molecule has 10 heteroatoms. The monoisotopic (exact) mass is 476 g/mol. The highest BCUT2D eigenvalue weighted by atomic mass is 32.2. The molecule has 1 aromatic heterocycles. The molecule has 174 valence electrons. The number of amides is 1. The molecule has 2 N–H and O–H groups in total. The summed E-state index contributed by atoms with van der Waals surface area (Å²) in [5.41, 5.74) is 1.97. The molecule has 2 unspecified atom stereocenters. The van der Waals surface area contributed by atoms with Crippen molar-refractivity contribution in [3.63, 3.8) is 0 Å². The van der Waals surface area contributed by atoms with Crippen LogP contribution in [0.4, 0.5) is 10.5 Å². The molecule has 0 saturated carbocycles. The van der Waals surface area contributed by atoms with Gasteiger partial charge in [-0.15, -0.1) is 0 Å². The third-order valence-electron chi connectivity index (χ3n) is 5.00. The number of nitrogens with zero attached hydrogens (tertiary/aromatic N) is 2. The Morgan fingerprint density at radius 1 is 1.26 bits per heavy atom. The van der Waals surface area contributed by atoms with E-state index < -0.39 is 28.5 Å². The number of anilines is 1. The van der Waals surface area contributed by atoms with E-state index in [1.165, 1.54) is 18.5 Å². The Morgan fingerprint density at radius 3 is 2.62 bits per heavy atom. The lowest BCUT2D eigenvalue weighted by molar-refractivity contribution is -0.115. The van der Waals surface area contributed by atoms with Gasteiger partial charge in [0, 0.05) is 35.0 Å². The van der Waals surface area contributed by atoms with Gasteiger partial charge in [-0.1, -0.05) is 11.5 Å². The summed E-state index contributed by atoms with van der Waals surface area (Å²) in [6, 6.07) is 7.43. The quantitative estimate of drug-likeness (QED) is 0.615. The number of carbonyl (C=O) groups is 2. The minimum absolute atomic E-state index is 0.169. The van der Waals surface area contributed by atoms with Gasteiger partial charge in [-0.2, -0.15) is 5.26 Å². The number of rotatable bonds is 6. The van der Waals surface area contributed by atoms with Gasteiger partial charge in [0.1, 0.15) is 13.4 Å². The number of ketones is 1. The van der Waals surface area contributed by atoms with Gasteiger partial charge >= 0.3 is 6.09 Å². The third kappa shape index (κ3) is 6.11. The number of ether oxygens (including phenoxy) is 1. The zero-order valence-corrected chi connectivity index (χ0v) is 20.3. The lowest BCUT2D eigenvalue weighted by Crippen LogP contribution is -2.37. The van der Waals surface area contributed by atoms with E-state index in [1.807, 2.05) is 6.07 Å². The van der Waals surface area contributed by atoms with Gasteiger partial charge in [0.2, 0.25) is 0 Å². The molecule has 8 nitrogen and oxygen atoms in total. The fraction of sp³-hybridized carbons (Fsp3) is 0.333.